The molecule has 0 atom stereocenters. The maximum atomic E-state index is 9.38. The Bertz CT molecular complexity index is 471. The molecule has 2 aromatic rings. The Labute approximate surface area is 102 Å². The molecule has 17 heavy (non-hydrogen) atoms. The van der Waals surface area contributed by atoms with Gasteiger partial charge in [0.1, 0.15) is 0 Å². The zero-order chi connectivity index (χ0) is 11.9. The van der Waals surface area contributed by atoms with Crippen molar-refractivity contribution >= 4 is 6.08 Å². The average Bonchev–Trinajstić information content (AvgIpc) is 2.40. The van der Waals surface area contributed by atoms with E-state index in [4.69, 9.17) is 0 Å². The van der Waals surface area contributed by atoms with Crippen LogP contribution < -0.4 is 0 Å². The minimum absolute atomic E-state index is 0.101. The molecule has 0 aliphatic rings. The molecular weight excluding hydrogens is 208 g/mol. The molecule has 1 heteroatoms. The largest absolute Gasteiger partial charge is 0.392 e. The first-order valence-electron chi connectivity index (χ1n) is 5.78. The van der Waals surface area contributed by atoms with Crippen molar-refractivity contribution in [1.82, 2.24) is 0 Å². The standard InChI is InChI=1S/C16H16O/c17-13-16(11-14-7-3-1-4-8-14)12-15-9-5-2-6-10-15/h1-11,17H,12-13H2/b16-11+. The second-order valence-electron chi connectivity index (χ2n) is 4.03. The summed E-state index contributed by atoms with van der Waals surface area (Å²) in [6.07, 6.45) is 2.85. The predicted octanol–water partition coefficient (Wildman–Crippen LogP) is 3.31. The zero-order valence-corrected chi connectivity index (χ0v) is 9.71. The average molecular weight is 224 g/mol. The number of aliphatic hydroxyl groups excluding tert-OH is 1. The van der Waals surface area contributed by atoms with Gasteiger partial charge in [0.2, 0.25) is 0 Å². The second kappa shape index (κ2) is 6.02. The van der Waals surface area contributed by atoms with Crippen LogP contribution in [-0.2, 0) is 6.42 Å². The summed E-state index contributed by atoms with van der Waals surface area (Å²) in [7, 11) is 0. The number of rotatable bonds is 4. The third kappa shape index (κ3) is 3.58. The summed E-state index contributed by atoms with van der Waals surface area (Å²) >= 11 is 0. The van der Waals surface area contributed by atoms with Crippen LogP contribution in [0, 0.1) is 0 Å². The van der Waals surface area contributed by atoms with E-state index in [0.29, 0.717) is 0 Å². The molecule has 0 aliphatic carbocycles. The molecule has 0 saturated heterocycles. The van der Waals surface area contributed by atoms with Gasteiger partial charge in [-0.1, -0.05) is 66.7 Å². The van der Waals surface area contributed by atoms with Crippen molar-refractivity contribution in [2.75, 3.05) is 6.61 Å². The second-order valence-corrected chi connectivity index (χ2v) is 4.03. The quantitative estimate of drug-likeness (QED) is 0.844. The van der Waals surface area contributed by atoms with E-state index in [2.05, 4.69) is 12.1 Å². The van der Waals surface area contributed by atoms with Gasteiger partial charge < -0.3 is 5.11 Å². The van der Waals surface area contributed by atoms with Crippen LogP contribution in [0.1, 0.15) is 11.1 Å². The maximum Gasteiger partial charge on any atom is 0.0648 e. The topological polar surface area (TPSA) is 20.2 Å². The van der Waals surface area contributed by atoms with Crippen LogP contribution >= 0.6 is 0 Å². The van der Waals surface area contributed by atoms with Crippen molar-refractivity contribution in [3.05, 3.63) is 77.4 Å². The van der Waals surface area contributed by atoms with E-state index in [9.17, 15) is 5.11 Å². The first-order valence-corrected chi connectivity index (χ1v) is 5.78. The van der Waals surface area contributed by atoms with Crippen molar-refractivity contribution in [3.8, 4) is 0 Å². The highest BCUT2D eigenvalue weighted by Crippen LogP contribution is 2.12. The minimum Gasteiger partial charge on any atom is -0.392 e. The van der Waals surface area contributed by atoms with Crippen molar-refractivity contribution in [3.63, 3.8) is 0 Å². The normalized spacial score (nSPS) is 11.5. The Morgan fingerprint density at radius 1 is 0.882 bits per heavy atom. The highest BCUT2D eigenvalue weighted by atomic mass is 16.3. The molecule has 0 aliphatic heterocycles. The highest BCUT2D eigenvalue weighted by Gasteiger charge is 1.98. The molecule has 0 fully saturated rings. The first-order chi connectivity index (χ1) is 8.38. The molecule has 1 nitrogen and oxygen atoms in total. The Kier molecular flexibility index (Phi) is 4.11. The van der Waals surface area contributed by atoms with Gasteiger partial charge in [-0.2, -0.15) is 0 Å². The molecule has 0 amide bonds. The Morgan fingerprint density at radius 3 is 2.06 bits per heavy atom. The van der Waals surface area contributed by atoms with Gasteiger partial charge in [-0.3, -0.25) is 0 Å². The SMILES string of the molecule is OC/C(=C/c1ccccc1)Cc1ccccc1. The highest BCUT2D eigenvalue weighted by molar-refractivity contribution is 5.53. The number of hydrogen-bond acceptors (Lipinski definition) is 1. The van der Waals surface area contributed by atoms with Crippen LogP contribution in [0.25, 0.3) is 6.08 Å². The van der Waals surface area contributed by atoms with E-state index in [1.807, 2.05) is 54.6 Å². The molecule has 0 aromatic heterocycles. The van der Waals surface area contributed by atoms with Crippen LogP contribution in [0.3, 0.4) is 0 Å². The first kappa shape index (κ1) is 11.6. The number of aliphatic hydroxyl groups is 1. The molecule has 0 spiro atoms. The zero-order valence-electron chi connectivity index (χ0n) is 9.71. The van der Waals surface area contributed by atoms with Crippen LogP contribution in [0.5, 0.6) is 0 Å². The summed E-state index contributed by atoms with van der Waals surface area (Å²) in [5, 5.41) is 9.38. The Hall–Kier alpha value is -1.86. The lowest BCUT2D eigenvalue weighted by Gasteiger charge is -2.04. The molecule has 0 radical (unpaired) electrons. The van der Waals surface area contributed by atoms with Gasteiger partial charge in [0.15, 0.2) is 0 Å². The summed E-state index contributed by atoms with van der Waals surface area (Å²) in [5.74, 6) is 0. The van der Waals surface area contributed by atoms with Crippen LogP contribution in [0.2, 0.25) is 0 Å². The fourth-order valence-electron chi connectivity index (χ4n) is 1.80. The third-order valence-electron chi connectivity index (χ3n) is 2.65. The van der Waals surface area contributed by atoms with Crippen LogP contribution in [0.4, 0.5) is 0 Å². The van der Waals surface area contributed by atoms with Crippen molar-refractivity contribution in [1.29, 1.82) is 0 Å². The molecule has 86 valence electrons. The lowest BCUT2D eigenvalue weighted by Crippen LogP contribution is -1.95. The van der Waals surface area contributed by atoms with E-state index in [1.54, 1.807) is 0 Å². The van der Waals surface area contributed by atoms with E-state index in [1.165, 1.54) is 5.56 Å². The molecular formula is C16H16O. The molecule has 1 N–H and O–H groups in total. The summed E-state index contributed by atoms with van der Waals surface area (Å²) in [6.45, 7) is 0.101. The van der Waals surface area contributed by atoms with Gasteiger partial charge in [-0.25, -0.2) is 0 Å². The van der Waals surface area contributed by atoms with E-state index >= 15 is 0 Å². The lowest BCUT2D eigenvalue weighted by atomic mass is 10.0. The molecule has 0 bridgehead atoms. The molecule has 0 unspecified atom stereocenters. The lowest BCUT2D eigenvalue weighted by molar-refractivity contribution is 0.329. The van der Waals surface area contributed by atoms with E-state index < -0.39 is 0 Å². The third-order valence-corrected chi connectivity index (χ3v) is 2.65. The van der Waals surface area contributed by atoms with Gasteiger partial charge >= 0.3 is 0 Å². The van der Waals surface area contributed by atoms with Gasteiger partial charge in [0.25, 0.3) is 0 Å². The van der Waals surface area contributed by atoms with Crippen molar-refractivity contribution in [2.45, 2.75) is 6.42 Å². The monoisotopic (exact) mass is 224 g/mol. The van der Waals surface area contributed by atoms with Gasteiger partial charge in [-0.15, -0.1) is 0 Å². The van der Waals surface area contributed by atoms with E-state index in [-0.39, 0.29) is 6.61 Å². The van der Waals surface area contributed by atoms with Crippen molar-refractivity contribution < 1.29 is 5.11 Å². The van der Waals surface area contributed by atoms with E-state index in [0.717, 1.165) is 17.6 Å². The fraction of sp³-hybridized carbons (Fsp3) is 0.125. The summed E-state index contributed by atoms with van der Waals surface area (Å²) in [6, 6.07) is 20.3. The minimum atomic E-state index is 0.101. The van der Waals surface area contributed by atoms with Gasteiger partial charge in [-0.05, 0) is 23.1 Å². The number of benzene rings is 2. The summed E-state index contributed by atoms with van der Waals surface area (Å²) in [5.41, 5.74) is 3.39. The number of hydrogen-bond donors (Lipinski definition) is 1. The molecule has 2 rings (SSSR count). The summed E-state index contributed by atoms with van der Waals surface area (Å²) in [4.78, 5) is 0. The van der Waals surface area contributed by atoms with Gasteiger partial charge in [0, 0.05) is 0 Å². The van der Waals surface area contributed by atoms with Crippen LogP contribution in [0.15, 0.2) is 66.2 Å². The molecule has 0 heterocycles. The predicted molar refractivity (Wildman–Crippen MR) is 71.7 cm³/mol. The molecule has 0 saturated carbocycles. The smallest absolute Gasteiger partial charge is 0.0648 e. The van der Waals surface area contributed by atoms with Crippen molar-refractivity contribution in [2.24, 2.45) is 0 Å². The Morgan fingerprint density at radius 2 is 1.47 bits per heavy atom. The maximum absolute atomic E-state index is 9.38. The van der Waals surface area contributed by atoms with Crippen LogP contribution in [-0.4, -0.2) is 11.7 Å². The summed E-state index contributed by atoms with van der Waals surface area (Å²) < 4.78 is 0. The van der Waals surface area contributed by atoms with Gasteiger partial charge in [0.05, 0.1) is 6.61 Å². The fourth-order valence-corrected chi connectivity index (χ4v) is 1.80. The molecule has 2 aromatic carbocycles. The Balaban J connectivity index is 2.15.